The molecule has 8 nitrogen and oxygen atoms in total. The summed E-state index contributed by atoms with van der Waals surface area (Å²) in [4.78, 5) is 13.7. The number of benzene rings is 1. The van der Waals surface area contributed by atoms with E-state index in [1.54, 1.807) is 11.0 Å². The van der Waals surface area contributed by atoms with Crippen LogP contribution in [0.1, 0.15) is 24.1 Å². The number of anilines is 2. The van der Waals surface area contributed by atoms with Crippen molar-refractivity contribution < 1.29 is 0 Å². The molecule has 1 saturated carbocycles. The monoisotopic (exact) mass is 402 g/mol. The van der Waals surface area contributed by atoms with E-state index in [1.165, 1.54) is 12.8 Å². The minimum absolute atomic E-state index is 0.304. The van der Waals surface area contributed by atoms with E-state index < -0.39 is 0 Å². The van der Waals surface area contributed by atoms with Crippen LogP contribution in [0.15, 0.2) is 43.0 Å². The van der Waals surface area contributed by atoms with Crippen molar-refractivity contribution in [3.63, 3.8) is 0 Å². The molecule has 0 radical (unpaired) electrons. The van der Waals surface area contributed by atoms with Crippen LogP contribution in [0.2, 0.25) is 0 Å². The van der Waals surface area contributed by atoms with Crippen LogP contribution < -0.4 is 10.6 Å². The minimum Gasteiger partial charge on any atom is -0.398 e. The summed E-state index contributed by atoms with van der Waals surface area (Å²) in [6.07, 6.45) is 7.99. The maximum atomic E-state index is 8.77. The smallest absolute Gasteiger partial charge is 0.132 e. The summed E-state index contributed by atoms with van der Waals surface area (Å²) in [7, 11) is 1.89. The van der Waals surface area contributed by atoms with E-state index in [0.717, 1.165) is 49.2 Å². The number of nitrogens with zero attached hydrogens (tertiary/aromatic N) is 6. The molecule has 5 rings (SSSR count). The van der Waals surface area contributed by atoms with Crippen LogP contribution in [-0.2, 0) is 7.05 Å². The third kappa shape index (κ3) is 3.66. The highest BCUT2D eigenvalue weighted by atomic mass is 15.3. The Morgan fingerprint density at radius 2 is 1.87 bits per heavy atom. The molecule has 8 heteroatoms. The predicted octanol–water partition coefficient (Wildman–Crippen LogP) is 2.16. The van der Waals surface area contributed by atoms with Crippen LogP contribution in [0.25, 0.3) is 11.1 Å². The van der Waals surface area contributed by atoms with Gasteiger partial charge in [0, 0.05) is 68.3 Å². The van der Waals surface area contributed by atoms with Crippen LogP contribution in [0.4, 0.5) is 11.5 Å². The van der Waals surface area contributed by atoms with E-state index in [0.29, 0.717) is 22.7 Å². The first-order chi connectivity index (χ1) is 14.6. The van der Waals surface area contributed by atoms with Crippen LogP contribution in [0, 0.1) is 5.41 Å². The van der Waals surface area contributed by atoms with Gasteiger partial charge in [-0.05, 0) is 30.5 Å². The number of nitrogen functional groups attached to an aromatic ring is 1. The predicted molar refractivity (Wildman–Crippen MR) is 118 cm³/mol. The highest BCUT2D eigenvalue weighted by molar-refractivity contribution is 6.13. The number of nitrogens with two attached hydrogens (primary N) is 1. The van der Waals surface area contributed by atoms with Crippen molar-refractivity contribution in [1.82, 2.24) is 24.6 Å². The standard InChI is InChI=1S/C22H26N8/c1-28-13-16(12-27-28)15-2-5-19(23)18(10-15)22(24)20-11-21(26-14-25-20)30-8-6-29(7-9-30)17-3-4-17/h2,5,10-14,17,24H,3-4,6-9,23H2,1H3. The van der Waals surface area contributed by atoms with Crippen molar-refractivity contribution in [2.45, 2.75) is 18.9 Å². The molecular weight excluding hydrogens is 376 g/mol. The van der Waals surface area contributed by atoms with E-state index in [-0.39, 0.29) is 0 Å². The van der Waals surface area contributed by atoms with Gasteiger partial charge in [0.05, 0.1) is 17.6 Å². The Balaban J connectivity index is 1.38. The number of hydrogen-bond donors (Lipinski definition) is 2. The fourth-order valence-electron chi connectivity index (χ4n) is 4.07. The third-order valence-corrected chi connectivity index (χ3v) is 5.97. The van der Waals surface area contributed by atoms with Crippen LogP contribution in [-0.4, -0.2) is 62.6 Å². The first kappa shape index (κ1) is 18.7. The maximum Gasteiger partial charge on any atom is 0.132 e. The third-order valence-electron chi connectivity index (χ3n) is 5.97. The molecule has 3 aromatic rings. The Labute approximate surface area is 175 Å². The van der Waals surface area contributed by atoms with E-state index in [1.807, 2.05) is 43.7 Å². The molecule has 0 spiro atoms. The van der Waals surface area contributed by atoms with Gasteiger partial charge in [0.25, 0.3) is 0 Å². The molecule has 0 unspecified atom stereocenters. The zero-order chi connectivity index (χ0) is 20.7. The molecule has 1 saturated heterocycles. The summed E-state index contributed by atoms with van der Waals surface area (Å²) in [5.74, 6) is 0.877. The number of rotatable bonds is 5. The van der Waals surface area contributed by atoms with E-state index in [9.17, 15) is 0 Å². The van der Waals surface area contributed by atoms with E-state index >= 15 is 0 Å². The maximum absolute atomic E-state index is 8.77. The summed E-state index contributed by atoms with van der Waals surface area (Å²) in [6.45, 7) is 4.06. The number of piperazine rings is 1. The summed E-state index contributed by atoms with van der Waals surface area (Å²) in [5, 5.41) is 13.0. The van der Waals surface area contributed by atoms with Crippen molar-refractivity contribution in [2.75, 3.05) is 36.8 Å². The van der Waals surface area contributed by atoms with Gasteiger partial charge in [-0.25, -0.2) is 9.97 Å². The van der Waals surface area contributed by atoms with Crippen molar-refractivity contribution >= 4 is 17.2 Å². The Kier molecular flexibility index (Phi) is 4.71. The Bertz CT molecular complexity index is 1080. The summed E-state index contributed by atoms with van der Waals surface area (Å²) < 4.78 is 1.76. The van der Waals surface area contributed by atoms with Crippen LogP contribution >= 0.6 is 0 Å². The fourth-order valence-corrected chi connectivity index (χ4v) is 4.07. The SMILES string of the molecule is Cn1cc(-c2ccc(N)c(C(=N)c3cc(N4CCN(C5CC5)CC4)ncn3)c2)cn1. The van der Waals surface area contributed by atoms with Crippen molar-refractivity contribution in [3.05, 3.63) is 54.2 Å². The topological polar surface area (TPSA) is 100.0 Å². The Morgan fingerprint density at radius 3 is 2.57 bits per heavy atom. The summed E-state index contributed by atoms with van der Waals surface area (Å²) >= 11 is 0. The highest BCUT2D eigenvalue weighted by Gasteiger charge is 2.31. The van der Waals surface area contributed by atoms with Gasteiger partial charge in [-0.15, -0.1) is 0 Å². The van der Waals surface area contributed by atoms with Crippen LogP contribution in [0.5, 0.6) is 0 Å². The number of hydrogen-bond acceptors (Lipinski definition) is 7. The molecule has 2 aliphatic rings. The zero-order valence-electron chi connectivity index (χ0n) is 17.1. The normalized spacial score (nSPS) is 17.3. The summed E-state index contributed by atoms with van der Waals surface area (Å²) in [5.41, 5.74) is 10.3. The average molecular weight is 403 g/mol. The van der Waals surface area contributed by atoms with Crippen molar-refractivity contribution in [3.8, 4) is 11.1 Å². The molecule has 2 aromatic heterocycles. The quantitative estimate of drug-likeness (QED) is 0.501. The van der Waals surface area contributed by atoms with Gasteiger partial charge in [-0.2, -0.15) is 5.10 Å². The minimum atomic E-state index is 0.304. The van der Waals surface area contributed by atoms with E-state index in [2.05, 4.69) is 24.9 Å². The van der Waals surface area contributed by atoms with E-state index in [4.69, 9.17) is 11.1 Å². The number of aromatic nitrogens is 4. The molecule has 1 aromatic carbocycles. The molecule has 3 N–H and O–H groups in total. The molecule has 1 aliphatic heterocycles. The lowest BCUT2D eigenvalue weighted by Gasteiger charge is -2.35. The highest BCUT2D eigenvalue weighted by Crippen LogP contribution is 2.29. The first-order valence-electron chi connectivity index (χ1n) is 10.4. The van der Waals surface area contributed by atoms with Crippen molar-refractivity contribution in [1.29, 1.82) is 5.41 Å². The molecule has 30 heavy (non-hydrogen) atoms. The summed E-state index contributed by atoms with van der Waals surface area (Å²) in [6, 6.07) is 8.44. The Morgan fingerprint density at radius 1 is 1.07 bits per heavy atom. The van der Waals surface area contributed by atoms with Gasteiger partial charge in [0.15, 0.2) is 0 Å². The van der Waals surface area contributed by atoms with Gasteiger partial charge in [0.1, 0.15) is 12.1 Å². The second-order valence-electron chi connectivity index (χ2n) is 8.10. The second-order valence-corrected chi connectivity index (χ2v) is 8.10. The fraction of sp³-hybridized carbons (Fsp3) is 0.364. The lowest BCUT2D eigenvalue weighted by atomic mass is 9.99. The van der Waals surface area contributed by atoms with Gasteiger partial charge >= 0.3 is 0 Å². The van der Waals surface area contributed by atoms with Gasteiger partial charge in [0.2, 0.25) is 0 Å². The Hall–Kier alpha value is -3.26. The number of aryl methyl sites for hydroxylation is 1. The van der Waals surface area contributed by atoms with Crippen molar-refractivity contribution in [2.24, 2.45) is 7.05 Å². The average Bonchev–Trinajstić information content (AvgIpc) is 3.54. The molecule has 3 heterocycles. The number of nitrogens with one attached hydrogen (secondary N) is 1. The second kappa shape index (κ2) is 7.53. The molecular formula is C22H26N8. The largest absolute Gasteiger partial charge is 0.398 e. The zero-order valence-corrected chi connectivity index (χ0v) is 17.1. The van der Waals surface area contributed by atoms with Crippen LogP contribution in [0.3, 0.4) is 0 Å². The molecule has 0 bridgehead atoms. The molecule has 0 amide bonds. The lowest BCUT2D eigenvalue weighted by molar-refractivity contribution is 0.247. The molecule has 1 aliphatic carbocycles. The van der Waals surface area contributed by atoms with Gasteiger partial charge in [-0.1, -0.05) is 6.07 Å². The first-order valence-corrected chi connectivity index (χ1v) is 10.4. The molecule has 154 valence electrons. The van der Waals surface area contributed by atoms with Gasteiger partial charge in [-0.3, -0.25) is 15.0 Å². The molecule has 2 fully saturated rings. The lowest BCUT2D eigenvalue weighted by Crippen LogP contribution is -2.47. The molecule has 0 atom stereocenters. The van der Waals surface area contributed by atoms with Gasteiger partial charge < -0.3 is 10.6 Å².